The number of ether oxygens (including phenoxy) is 2. The quantitative estimate of drug-likeness (QED) is 0.816. The first kappa shape index (κ1) is 19.9. The van der Waals surface area contributed by atoms with Crippen molar-refractivity contribution in [3.05, 3.63) is 48.0 Å². The maximum absolute atomic E-state index is 13.8. The second-order valence-electron chi connectivity index (χ2n) is 6.18. The fourth-order valence-corrected chi connectivity index (χ4v) is 3.97. The molecule has 0 saturated heterocycles. The van der Waals surface area contributed by atoms with Crippen LogP contribution in [0.1, 0.15) is 6.92 Å². The average molecular weight is 412 g/mol. The summed E-state index contributed by atoms with van der Waals surface area (Å²) >= 11 is 0. The van der Waals surface area contributed by atoms with Crippen LogP contribution < -0.4 is 19.1 Å². The number of nitrogens with zero attached hydrogens (tertiary/aromatic N) is 1. The van der Waals surface area contributed by atoms with Crippen molar-refractivity contribution in [1.82, 2.24) is 0 Å². The van der Waals surface area contributed by atoms with E-state index in [2.05, 4.69) is 5.32 Å². The highest BCUT2D eigenvalue weighted by Gasteiger charge is 2.30. The van der Waals surface area contributed by atoms with Gasteiger partial charge in [-0.3, -0.25) is 9.10 Å². The number of amides is 1. The predicted molar refractivity (Wildman–Crippen MR) is 99.2 cm³/mol. The molecular formula is C18H18F2N2O5S. The summed E-state index contributed by atoms with van der Waals surface area (Å²) in [5.41, 5.74) is -0.0668. The molecule has 0 spiro atoms. The lowest BCUT2D eigenvalue weighted by Gasteiger charge is -2.29. The van der Waals surface area contributed by atoms with Gasteiger partial charge in [0, 0.05) is 12.1 Å². The van der Waals surface area contributed by atoms with Crippen LogP contribution in [0.2, 0.25) is 0 Å². The topological polar surface area (TPSA) is 84.9 Å². The SMILES string of the molecule is C[C@@H](C(=O)Nc1ccc(F)cc1F)N(c1ccc2c(c1)OCCO2)S(C)(=O)=O. The summed E-state index contributed by atoms with van der Waals surface area (Å²) in [6, 6.07) is 5.93. The van der Waals surface area contributed by atoms with E-state index in [-0.39, 0.29) is 11.4 Å². The Hall–Kier alpha value is -2.88. The maximum atomic E-state index is 13.8. The van der Waals surface area contributed by atoms with Gasteiger partial charge in [-0.2, -0.15) is 0 Å². The lowest BCUT2D eigenvalue weighted by molar-refractivity contribution is -0.116. The molecule has 150 valence electrons. The standard InChI is InChI=1S/C18H18F2N2O5S/c1-11(18(23)21-15-5-3-12(19)9-14(15)20)22(28(2,24)25)13-4-6-16-17(10-13)27-8-7-26-16/h3-6,9-11H,7-8H2,1-2H3,(H,21,23)/t11-/m0/s1. The van der Waals surface area contributed by atoms with E-state index in [1.165, 1.54) is 19.1 Å². The normalized spacial score (nSPS) is 14.3. The van der Waals surface area contributed by atoms with E-state index in [0.29, 0.717) is 30.8 Å². The van der Waals surface area contributed by atoms with Crippen molar-refractivity contribution in [2.24, 2.45) is 0 Å². The highest BCUT2D eigenvalue weighted by atomic mass is 32.2. The third kappa shape index (κ3) is 4.16. The molecule has 10 heteroatoms. The third-order valence-corrected chi connectivity index (χ3v) is 5.30. The van der Waals surface area contributed by atoms with Gasteiger partial charge in [-0.25, -0.2) is 17.2 Å². The van der Waals surface area contributed by atoms with Crippen molar-refractivity contribution in [2.45, 2.75) is 13.0 Å². The molecule has 1 N–H and O–H groups in total. The van der Waals surface area contributed by atoms with E-state index in [0.717, 1.165) is 22.7 Å². The molecule has 1 heterocycles. The Morgan fingerprint density at radius 2 is 1.79 bits per heavy atom. The monoisotopic (exact) mass is 412 g/mol. The molecule has 28 heavy (non-hydrogen) atoms. The number of fused-ring (bicyclic) bond motifs is 1. The largest absolute Gasteiger partial charge is 0.486 e. The number of hydrogen-bond donors (Lipinski definition) is 1. The highest BCUT2D eigenvalue weighted by Crippen LogP contribution is 2.35. The summed E-state index contributed by atoms with van der Waals surface area (Å²) in [4.78, 5) is 12.6. The summed E-state index contributed by atoms with van der Waals surface area (Å²) in [7, 11) is -3.88. The minimum absolute atomic E-state index is 0.189. The Kier molecular flexibility index (Phi) is 5.41. The van der Waals surface area contributed by atoms with Gasteiger partial charge in [0.05, 0.1) is 17.6 Å². The molecule has 3 rings (SSSR count). The van der Waals surface area contributed by atoms with E-state index in [4.69, 9.17) is 9.47 Å². The van der Waals surface area contributed by atoms with Gasteiger partial charge in [0.25, 0.3) is 0 Å². The molecule has 0 aliphatic carbocycles. The predicted octanol–water partition coefficient (Wildman–Crippen LogP) is 2.53. The van der Waals surface area contributed by atoms with Gasteiger partial charge in [-0.1, -0.05) is 0 Å². The van der Waals surface area contributed by atoms with Crippen molar-refractivity contribution in [1.29, 1.82) is 0 Å². The van der Waals surface area contributed by atoms with E-state index < -0.39 is 33.6 Å². The van der Waals surface area contributed by atoms with Gasteiger partial charge >= 0.3 is 0 Å². The van der Waals surface area contributed by atoms with Crippen molar-refractivity contribution in [3.63, 3.8) is 0 Å². The number of carbonyl (C=O) groups is 1. The van der Waals surface area contributed by atoms with Gasteiger partial charge in [-0.15, -0.1) is 0 Å². The van der Waals surface area contributed by atoms with E-state index in [9.17, 15) is 22.0 Å². The van der Waals surface area contributed by atoms with Gasteiger partial charge in [-0.05, 0) is 31.2 Å². The molecular weight excluding hydrogens is 394 g/mol. The van der Waals surface area contributed by atoms with Crippen LogP contribution in [0.15, 0.2) is 36.4 Å². The molecule has 7 nitrogen and oxygen atoms in total. The zero-order chi connectivity index (χ0) is 20.5. The molecule has 0 bridgehead atoms. The minimum atomic E-state index is -3.88. The Morgan fingerprint density at radius 3 is 2.43 bits per heavy atom. The van der Waals surface area contributed by atoms with Crippen LogP contribution in [0.3, 0.4) is 0 Å². The molecule has 0 fully saturated rings. The Labute approximate surface area is 160 Å². The van der Waals surface area contributed by atoms with E-state index >= 15 is 0 Å². The zero-order valence-electron chi connectivity index (χ0n) is 15.1. The molecule has 0 aromatic heterocycles. The van der Waals surface area contributed by atoms with Crippen molar-refractivity contribution >= 4 is 27.3 Å². The second-order valence-corrected chi connectivity index (χ2v) is 8.04. The first-order chi connectivity index (χ1) is 13.2. The number of carbonyl (C=O) groups excluding carboxylic acids is 1. The summed E-state index contributed by atoms with van der Waals surface area (Å²) in [5.74, 6) is -1.72. The van der Waals surface area contributed by atoms with Gasteiger partial charge in [0.2, 0.25) is 15.9 Å². The van der Waals surface area contributed by atoms with Gasteiger partial charge < -0.3 is 14.8 Å². The Bertz CT molecular complexity index is 1010. The fourth-order valence-electron chi connectivity index (χ4n) is 2.81. The number of anilines is 2. The number of benzene rings is 2. The van der Waals surface area contributed by atoms with Crippen LogP contribution in [0.25, 0.3) is 0 Å². The maximum Gasteiger partial charge on any atom is 0.248 e. The smallest absolute Gasteiger partial charge is 0.248 e. The third-order valence-electron chi connectivity index (χ3n) is 4.06. The van der Waals surface area contributed by atoms with Crippen LogP contribution in [0, 0.1) is 11.6 Å². The first-order valence-corrected chi connectivity index (χ1v) is 10.2. The molecule has 1 aliphatic heterocycles. The summed E-state index contributed by atoms with van der Waals surface area (Å²) in [5, 5.41) is 2.28. The van der Waals surface area contributed by atoms with Crippen molar-refractivity contribution < 1.29 is 31.5 Å². The molecule has 0 unspecified atom stereocenters. The molecule has 2 aromatic carbocycles. The Balaban J connectivity index is 1.90. The second kappa shape index (κ2) is 7.63. The van der Waals surface area contributed by atoms with Gasteiger partial charge in [0.15, 0.2) is 11.5 Å². The first-order valence-electron chi connectivity index (χ1n) is 8.32. The van der Waals surface area contributed by atoms with E-state index in [1.54, 1.807) is 6.07 Å². The number of nitrogens with one attached hydrogen (secondary N) is 1. The Morgan fingerprint density at radius 1 is 1.11 bits per heavy atom. The number of sulfonamides is 1. The van der Waals surface area contributed by atoms with Crippen LogP contribution >= 0.6 is 0 Å². The molecule has 1 amide bonds. The van der Waals surface area contributed by atoms with E-state index in [1.807, 2.05) is 0 Å². The van der Waals surface area contributed by atoms with Crippen LogP contribution in [0.4, 0.5) is 20.2 Å². The van der Waals surface area contributed by atoms with Crippen LogP contribution in [0.5, 0.6) is 11.5 Å². The molecule has 1 aliphatic rings. The zero-order valence-corrected chi connectivity index (χ0v) is 15.9. The minimum Gasteiger partial charge on any atom is -0.486 e. The summed E-state index contributed by atoms with van der Waals surface area (Å²) < 4.78 is 63.3. The molecule has 0 radical (unpaired) electrons. The fraction of sp³-hybridized carbons (Fsp3) is 0.278. The number of rotatable bonds is 5. The highest BCUT2D eigenvalue weighted by molar-refractivity contribution is 7.92. The van der Waals surface area contributed by atoms with Crippen molar-refractivity contribution in [3.8, 4) is 11.5 Å². The summed E-state index contributed by atoms with van der Waals surface area (Å²) in [6.07, 6.45) is 0.950. The number of hydrogen-bond acceptors (Lipinski definition) is 5. The molecule has 0 saturated carbocycles. The van der Waals surface area contributed by atoms with Crippen LogP contribution in [-0.2, 0) is 14.8 Å². The van der Waals surface area contributed by atoms with Gasteiger partial charge in [0.1, 0.15) is 30.9 Å². The average Bonchev–Trinajstić information content (AvgIpc) is 2.62. The molecule has 1 atom stereocenters. The summed E-state index contributed by atoms with van der Waals surface area (Å²) in [6.45, 7) is 2.05. The molecule has 2 aromatic rings. The number of halogens is 2. The lowest BCUT2D eigenvalue weighted by Crippen LogP contribution is -2.45. The van der Waals surface area contributed by atoms with Crippen LogP contribution in [-0.4, -0.2) is 39.8 Å². The lowest BCUT2D eigenvalue weighted by atomic mass is 10.2. The van der Waals surface area contributed by atoms with Crippen molar-refractivity contribution in [2.75, 3.05) is 29.1 Å².